The fraction of sp³-hybridized carbons (Fsp3) is 0.529. The largest absolute Gasteiger partial charge is 0.310 e. The van der Waals surface area contributed by atoms with E-state index in [2.05, 4.69) is 30.4 Å². The predicted molar refractivity (Wildman–Crippen MR) is 83.7 cm³/mol. The van der Waals surface area contributed by atoms with E-state index in [1.807, 2.05) is 12.1 Å². The van der Waals surface area contributed by atoms with E-state index in [-0.39, 0.29) is 0 Å². The van der Waals surface area contributed by atoms with Crippen molar-refractivity contribution in [2.75, 3.05) is 6.54 Å². The molecule has 0 bridgehead atoms. The summed E-state index contributed by atoms with van der Waals surface area (Å²) in [4.78, 5) is 0. The lowest BCUT2D eigenvalue weighted by atomic mass is 9.97. The Morgan fingerprint density at radius 2 is 2.21 bits per heavy atom. The Morgan fingerprint density at radius 1 is 1.32 bits per heavy atom. The Balaban J connectivity index is 1.84. The Hall–Kier alpha value is -0.790. The third kappa shape index (κ3) is 4.67. The molecule has 1 aliphatic carbocycles. The van der Waals surface area contributed by atoms with Crippen LogP contribution in [-0.2, 0) is 0 Å². The minimum atomic E-state index is 0.419. The first-order valence-corrected chi connectivity index (χ1v) is 7.84. The van der Waals surface area contributed by atoms with E-state index in [1.54, 1.807) is 5.57 Å². The average Bonchev–Trinajstić information content (AvgIpc) is 2.45. The molecule has 1 aliphatic rings. The van der Waals surface area contributed by atoms with Gasteiger partial charge in [-0.2, -0.15) is 0 Å². The average molecular weight is 278 g/mol. The fourth-order valence-corrected chi connectivity index (χ4v) is 2.96. The second-order valence-corrected chi connectivity index (χ2v) is 5.76. The molecule has 2 heteroatoms. The summed E-state index contributed by atoms with van der Waals surface area (Å²) in [6.45, 7) is 3.29. The summed E-state index contributed by atoms with van der Waals surface area (Å²) in [5.74, 6) is 0. The van der Waals surface area contributed by atoms with Crippen molar-refractivity contribution >= 4 is 11.6 Å². The van der Waals surface area contributed by atoms with Gasteiger partial charge in [0.25, 0.3) is 0 Å². The van der Waals surface area contributed by atoms with Crippen LogP contribution in [0.5, 0.6) is 0 Å². The van der Waals surface area contributed by atoms with Gasteiger partial charge in [0.1, 0.15) is 0 Å². The van der Waals surface area contributed by atoms with Crippen LogP contribution in [0.2, 0.25) is 5.02 Å². The van der Waals surface area contributed by atoms with Crippen LogP contribution in [0.3, 0.4) is 0 Å². The van der Waals surface area contributed by atoms with Crippen molar-refractivity contribution < 1.29 is 0 Å². The van der Waals surface area contributed by atoms with Crippen LogP contribution >= 0.6 is 11.6 Å². The topological polar surface area (TPSA) is 12.0 Å². The summed E-state index contributed by atoms with van der Waals surface area (Å²) in [5.41, 5.74) is 2.94. The maximum Gasteiger partial charge on any atom is 0.0409 e. The van der Waals surface area contributed by atoms with Crippen molar-refractivity contribution in [1.29, 1.82) is 0 Å². The molecule has 1 N–H and O–H groups in total. The SMILES string of the molecule is CCC(NCCC1=CCCCC1)c1cccc(Cl)c1. The first-order chi connectivity index (χ1) is 9.29. The van der Waals surface area contributed by atoms with Crippen molar-refractivity contribution in [2.45, 2.75) is 51.5 Å². The van der Waals surface area contributed by atoms with Crippen molar-refractivity contribution in [3.8, 4) is 0 Å². The van der Waals surface area contributed by atoms with Gasteiger partial charge in [-0.05, 0) is 62.8 Å². The van der Waals surface area contributed by atoms with Crippen molar-refractivity contribution in [1.82, 2.24) is 5.32 Å². The molecule has 0 radical (unpaired) electrons. The van der Waals surface area contributed by atoms with Gasteiger partial charge in [-0.15, -0.1) is 0 Å². The van der Waals surface area contributed by atoms with Gasteiger partial charge in [-0.3, -0.25) is 0 Å². The van der Waals surface area contributed by atoms with Gasteiger partial charge in [0.05, 0.1) is 0 Å². The lowest BCUT2D eigenvalue weighted by Gasteiger charge is -2.19. The molecule has 0 heterocycles. The fourth-order valence-electron chi connectivity index (χ4n) is 2.76. The second-order valence-electron chi connectivity index (χ2n) is 5.33. The summed E-state index contributed by atoms with van der Waals surface area (Å²) in [7, 11) is 0. The number of halogens is 1. The standard InChI is InChI=1S/C17H24ClN/c1-2-17(15-9-6-10-16(18)13-15)19-12-11-14-7-4-3-5-8-14/h6-7,9-10,13,17,19H,2-5,8,11-12H2,1H3. The molecule has 2 rings (SSSR count). The molecule has 0 spiro atoms. The van der Waals surface area contributed by atoms with E-state index in [9.17, 15) is 0 Å². The van der Waals surface area contributed by atoms with Gasteiger partial charge in [-0.1, -0.05) is 42.3 Å². The molecule has 1 atom stereocenters. The molecule has 0 fully saturated rings. The van der Waals surface area contributed by atoms with Crippen LogP contribution in [0.15, 0.2) is 35.9 Å². The number of hydrogen-bond donors (Lipinski definition) is 1. The zero-order valence-electron chi connectivity index (χ0n) is 11.8. The smallest absolute Gasteiger partial charge is 0.0409 e. The quantitative estimate of drug-likeness (QED) is 0.698. The van der Waals surface area contributed by atoms with Crippen LogP contribution in [0, 0.1) is 0 Å². The summed E-state index contributed by atoms with van der Waals surface area (Å²) in [5, 5.41) is 4.49. The maximum absolute atomic E-state index is 6.06. The summed E-state index contributed by atoms with van der Waals surface area (Å²) in [6, 6.07) is 8.62. The van der Waals surface area contributed by atoms with Gasteiger partial charge >= 0.3 is 0 Å². The molecular formula is C17H24ClN. The predicted octanol–water partition coefficient (Wildman–Crippen LogP) is 5.27. The molecule has 1 aromatic rings. The lowest BCUT2D eigenvalue weighted by Crippen LogP contribution is -2.22. The summed E-state index contributed by atoms with van der Waals surface area (Å²) < 4.78 is 0. The summed E-state index contributed by atoms with van der Waals surface area (Å²) in [6.07, 6.45) is 10.0. The summed E-state index contributed by atoms with van der Waals surface area (Å²) >= 11 is 6.06. The minimum Gasteiger partial charge on any atom is -0.310 e. The van der Waals surface area contributed by atoms with Crippen LogP contribution in [0.4, 0.5) is 0 Å². The highest BCUT2D eigenvalue weighted by Gasteiger charge is 2.09. The molecule has 0 saturated carbocycles. The molecule has 1 nitrogen and oxygen atoms in total. The molecule has 104 valence electrons. The molecule has 19 heavy (non-hydrogen) atoms. The Kier molecular flexibility index (Phi) is 5.93. The first kappa shape index (κ1) is 14.6. The van der Waals surface area contributed by atoms with Gasteiger partial charge in [0, 0.05) is 11.1 Å². The van der Waals surface area contributed by atoms with Crippen LogP contribution < -0.4 is 5.32 Å². The number of allylic oxidation sites excluding steroid dienone is 1. The van der Waals surface area contributed by atoms with E-state index in [0.717, 1.165) is 18.0 Å². The molecule has 0 saturated heterocycles. The van der Waals surface area contributed by atoms with E-state index >= 15 is 0 Å². The van der Waals surface area contributed by atoms with E-state index in [0.29, 0.717) is 6.04 Å². The molecule has 1 unspecified atom stereocenters. The van der Waals surface area contributed by atoms with Crippen molar-refractivity contribution in [3.05, 3.63) is 46.5 Å². The zero-order valence-corrected chi connectivity index (χ0v) is 12.5. The highest BCUT2D eigenvalue weighted by molar-refractivity contribution is 6.30. The lowest BCUT2D eigenvalue weighted by molar-refractivity contribution is 0.515. The minimum absolute atomic E-state index is 0.419. The highest BCUT2D eigenvalue weighted by Crippen LogP contribution is 2.22. The van der Waals surface area contributed by atoms with Crippen molar-refractivity contribution in [2.24, 2.45) is 0 Å². The second kappa shape index (κ2) is 7.72. The van der Waals surface area contributed by atoms with Gasteiger partial charge in [0.2, 0.25) is 0 Å². The van der Waals surface area contributed by atoms with E-state index in [1.165, 1.54) is 37.7 Å². The normalized spacial score (nSPS) is 17.1. The molecular weight excluding hydrogens is 254 g/mol. The highest BCUT2D eigenvalue weighted by atomic mass is 35.5. The number of hydrogen-bond acceptors (Lipinski definition) is 1. The Bertz CT molecular complexity index is 425. The maximum atomic E-state index is 6.06. The molecule has 1 aromatic carbocycles. The zero-order chi connectivity index (χ0) is 13.5. The number of nitrogens with one attached hydrogen (secondary N) is 1. The number of rotatable bonds is 6. The van der Waals surface area contributed by atoms with Gasteiger partial charge in [-0.25, -0.2) is 0 Å². The van der Waals surface area contributed by atoms with Crippen LogP contribution in [0.25, 0.3) is 0 Å². The third-order valence-corrected chi connectivity index (χ3v) is 4.12. The van der Waals surface area contributed by atoms with E-state index in [4.69, 9.17) is 11.6 Å². The van der Waals surface area contributed by atoms with Crippen LogP contribution in [-0.4, -0.2) is 6.54 Å². The number of benzene rings is 1. The first-order valence-electron chi connectivity index (χ1n) is 7.46. The molecule has 0 aromatic heterocycles. The van der Waals surface area contributed by atoms with Crippen LogP contribution in [0.1, 0.15) is 57.1 Å². The monoisotopic (exact) mass is 277 g/mol. The van der Waals surface area contributed by atoms with Crippen molar-refractivity contribution in [3.63, 3.8) is 0 Å². The molecule has 0 aliphatic heterocycles. The van der Waals surface area contributed by atoms with Gasteiger partial charge in [0.15, 0.2) is 0 Å². The Labute approximate surface area is 122 Å². The van der Waals surface area contributed by atoms with Gasteiger partial charge < -0.3 is 5.32 Å². The third-order valence-electron chi connectivity index (χ3n) is 3.88. The molecule has 0 amide bonds. The Morgan fingerprint density at radius 3 is 2.89 bits per heavy atom. The van der Waals surface area contributed by atoms with E-state index < -0.39 is 0 Å².